The van der Waals surface area contributed by atoms with Crippen LogP contribution in [0.25, 0.3) is 0 Å². The number of rotatable bonds is 2. The van der Waals surface area contributed by atoms with Crippen LogP contribution in [0.2, 0.25) is 0 Å². The van der Waals surface area contributed by atoms with E-state index >= 15 is 0 Å². The van der Waals surface area contributed by atoms with E-state index in [1.165, 1.54) is 5.56 Å². The molecule has 1 N–H and O–H groups in total. The molecule has 1 fully saturated rings. The number of hydrogen-bond acceptors (Lipinski definition) is 3. The van der Waals surface area contributed by atoms with Crippen LogP contribution in [0.1, 0.15) is 24.3 Å². The molecule has 1 aromatic carbocycles. The molecule has 0 spiro atoms. The van der Waals surface area contributed by atoms with Crippen molar-refractivity contribution in [3.05, 3.63) is 29.8 Å². The van der Waals surface area contributed by atoms with Crippen LogP contribution in [0.15, 0.2) is 24.3 Å². The Morgan fingerprint density at radius 1 is 1.37 bits per heavy atom. The minimum atomic E-state index is 0.224. The molecule has 1 atom stereocenters. The van der Waals surface area contributed by atoms with Crippen LogP contribution in [-0.4, -0.2) is 43.6 Å². The average molecular weight is 260 g/mol. The van der Waals surface area contributed by atoms with E-state index in [0.717, 1.165) is 44.8 Å². The third-order valence-corrected chi connectivity index (χ3v) is 3.93. The van der Waals surface area contributed by atoms with E-state index in [9.17, 15) is 4.79 Å². The fourth-order valence-electron chi connectivity index (χ4n) is 2.89. The van der Waals surface area contributed by atoms with Gasteiger partial charge in [0.1, 0.15) is 5.75 Å². The van der Waals surface area contributed by atoms with Crippen LogP contribution >= 0.6 is 0 Å². The van der Waals surface area contributed by atoms with Gasteiger partial charge in [0.15, 0.2) is 0 Å². The zero-order chi connectivity index (χ0) is 13.1. The molecule has 0 bridgehead atoms. The maximum atomic E-state index is 12.0. The van der Waals surface area contributed by atoms with Crippen LogP contribution < -0.4 is 10.1 Å². The van der Waals surface area contributed by atoms with E-state index in [4.69, 9.17) is 4.74 Å². The number of fused-ring (bicyclic) bond motifs is 1. The Morgan fingerprint density at radius 2 is 2.26 bits per heavy atom. The Balaban J connectivity index is 1.75. The summed E-state index contributed by atoms with van der Waals surface area (Å²) in [5.74, 6) is 1.62. The van der Waals surface area contributed by atoms with Gasteiger partial charge in [0.05, 0.1) is 13.2 Å². The number of hydrogen-bond donors (Lipinski definition) is 1. The fraction of sp³-hybridized carbons (Fsp3) is 0.533. The summed E-state index contributed by atoms with van der Waals surface area (Å²) in [6, 6.07) is 8.20. The van der Waals surface area contributed by atoms with Gasteiger partial charge in [-0.1, -0.05) is 18.2 Å². The summed E-state index contributed by atoms with van der Waals surface area (Å²) in [7, 11) is 0. The first-order chi connectivity index (χ1) is 9.34. The van der Waals surface area contributed by atoms with Gasteiger partial charge in [-0.15, -0.1) is 0 Å². The molecule has 2 aliphatic heterocycles. The van der Waals surface area contributed by atoms with Crippen LogP contribution in [0.4, 0.5) is 0 Å². The van der Waals surface area contributed by atoms with Gasteiger partial charge >= 0.3 is 0 Å². The number of ether oxygens (including phenoxy) is 1. The van der Waals surface area contributed by atoms with Crippen LogP contribution in [0.3, 0.4) is 0 Å². The molecule has 1 unspecified atom stereocenters. The molecule has 3 rings (SSSR count). The lowest BCUT2D eigenvalue weighted by molar-refractivity contribution is -0.129. The van der Waals surface area contributed by atoms with E-state index in [1.54, 1.807) is 0 Å². The Kier molecular flexibility index (Phi) is 3.69. The van der Waals surface area contributed by atoms with Crippen molar-refractivity contribution in [3.63, 3.8) is 0 Å². The minimum Gasteiger partial charge on any atom is -0.493 e. The topological polar surface area (TPSA) is 41.6 Å². The van der Waals surface area contributed by atoms with Gasteiger partial charge in [-0.3, -0.25) is 4.79 Å². The average Bonchev–Trinajstić information content (AvgIpc) is 2.65. The SMILES string of the molecule is O=C1CNCCCN1CC1CCOc2ccccc21. The second-order valence-electron chi connectivity index (χ2n) is 5.24. The smallest absolute Gasteiger partial charge is 0.236 e. The number of carbonyl (C=O) groups excluding carboxylic acids is 1. The predicted molar refractivity (Wildman–Crippen MR) is 73.4 cm³/mol. The van der Waals surface area contributed by atoms with Gasteiger partial charge in [0.2, 0.25) is 5.91 Å². The number of carbonyl (C=O) groups is 1. The lowest BCUT2D eigenvalue weighted by Gasteiger charge is -2.30. The number of nitrogens with one attached hydrogen (secondary N) is 1. The normalized spacial score (nSPS) is 23.5. The Labute approximate surface area is 113 Å². The third kappa shape index (κ3) is 2.73. The molecule has 4 heteroatoms. The van der Waals surface area contributed by atoms with E-state index in [1.807, 2.05) is 23.1 Å². The Hall–Kier alpha value is -1.55. The summed E-state index contributed by atoms with van der Waals surface area (Å²) in [5, 5.41) is 3.17. The first-order valence-corrected chi connectivity index (χ1v) is 7.05. The lowest BCUT2D eigenvalue weighted by atomic mass is 9.92. The maximum Gasteiger partial charge on any atom is 0.236 e. The summed E-state index contributed by atoms with van der Waals surface area (Å²) >= 11 is 0. The van der Waals surface area contributed by atoms with E-state index in [-0.39, 0.29) is 5.91 Å². The molecule has 0 radical (unpaired) electrons. The van der Waals surface area contributed by atoms with Gasteiger partial charge < -0.3 is 15.0 Å². The predicted octanol–water partition coefficient (Wildman–Crippen LogP) is 1.37. The van der Waals surface area contributed by atoms with Gasteiger partial charge in [-0.25, -0.2) is 0 Å². The van der Waals surface area contributed by atoms with Gasteiger partial charge in [-0.05, 0) is 31.0 Å². The number of amides is 1. The van der Waals surface area contributed by atoms with Gasteiger partial charge in [0.25, 0.3) is 0 Å². The van der Waals surface area contributed by atoms with Crippen molar-refractivity contribution in [3.8, 4) is 5.75 Å². The van der Waals surface area contributed by atoms with Crippen molar-refractivity contribution in [1.29, 1.82) is 0 Å². The second kappa shape index (κ2) is 5.61. The molecule has 19 heavy (non-hydrogen) atoms. The minimum absolute atomic E-state index is 0.224. The third-order valence-electron chi connectivity index (χ3n) is 3.93. The van der Waals surface area contributed by atoms with Crippen LogP contribution in [0.5, 0.6) is 5.75 Å². The quantitative estimate of drug-likeness (QED) is 0.873. The number of benzene rings is 1. The fourth-order valence-corrected chi connectivity index (χ4v) is 2.89. The molecule has 1 aromatic rings. The molecule has 0 aliphatic carbocycles. The van der Waals surface area contributed by atoms with Crippen LogP contribution in [0, 0.1) is 0 Å². The molecule has 2 aliphatic rings. The monoisotopic (exact) mass is 260 g/mol. The van der Waals surface area contributed by atoms with Crippen molar-refractivity contribution >= 4 is 5.91 Å². The first-order valence-electron chi connectivity index (χ1n) is 7.05. The highest BCUT2D eigenvalue weighted by Gasteiger charge is 2.25. The molecule has 1 amide bonds. The summed E-state index contributed by atoms with van der Waals surface area (Å²) in [5.41, 5.74) is 1.25. The van der Waals surface area contributed by atoms with Gasteiger partial charge in [-0.2, -0.15) is 0 Å². The van der Waals surface area contributed by atoms with Crippen molar-refractivity contribution in [2.24, 2.45) is 0 Å². The van der Waals surface area contributed by atoms with E-state index in [0.29, 0.717) is 12.5 Å². The Bertz CT molecular complexity index is 461. The standard InChI is InChI=1S/C15H20N2O2/c18-15-10-16-7-3-8-17(15)11-12-6-9-19-14-5-2-1-4-13(12)14/h1-2,4-5,12,16H,3,6-11H2. The van der Waals surface area contributed by atoms with Crippen molar-refractivity contribution in [2.75, 3.05) is 32.8 Å². The molecular weight excluding hydrogens is 240 g/mol. The van der Waals surface area contributed by atoms with E-state index in [2.05, 4.69) is 11.4 Å². The second-order valence-corrected chi connectivity index (χ2v) is 5.24. The summed E-state index contributed by atoms with van der Waals surface area (Å²) in [4.78, 5) is 14.0. The van der Waals surface area contributed by atoms with Crippen molar-refractivity contribution in [2.45, 2.75) is 18.8 Å². The van der Waals surface area contributed by atoms with Gasteiger partial charge in [0, 0.05) is 19.0 Å². The molecule has 2 heterocycles. The lowest BCUT2D eigenvalue weighted by Crippen LogP contribution is -2.38. The summed E-state index contributed by atoms with van der Waals surface area (Å²) in [6.07, 6.45) is 2.03. The molecule has 0 aromatic heterocycles. The maximum absolute atomic E-state index is 12.0. The highest BCUT2D eigenvalue weighted by molar-refractivity contribution is 5.78. The van der Waals surface area contributed by atoms with E-state index < -0.39 is 0 Å². The molecule has 0 saturated carbocycles. The molecule has 4 nitrogen and oxygen atoms in total. The summed E-state index contributed by atoms with van der Waals surface area (Å²) in [6.45, 7) is 3.85. The van der Waals surface area contributed by atoms with Crippen molar-refractivity contribution < 1.29 is 9.53 Å². The molecular formula is C15H20N2O2. The zero-order valence-corrected chi connectivity index (χ0v) is 11.1. The summed E-state index contributed by atoms with van der Waals surface area (Å²) < 4.78 is 5.68. The highest BCUT2D eigenvalue weighted by atomic mass is 16.5. The Morgan fingerprint density at radius 3 is 3.21 bits per heavy atom. The molecule has 102 valence electrons. The van der Waals surface area contributed by atoms with Crippen molar-refractivity contribution in [1.82, 2.24) is 10.2 Å². The van der Waals surface area contributed by atoms with Crippen LogP contribution in [-0.2, 0) is 4.79 Å². The zero-order valence-electron chi connectivity index (χ0n) is 11.1. The highest BCUT2D eigenvalue weighted by Crippen LogP contribution is 2.33. The number of nitrogens with zero attached hydrogens (tertiary/aromatic N) is 1. The first kappa shape index (κ1) is 12.5. The molecule has 1 saturated heterocycles. The largest absolute Gasteiger partial charge is 0.493 e. The number of para-hydroxylation sites is 1.